The number of amides is 1. The molecule has 1 aromatic heterocycles. The van der Waals surface area contributed by atoms with Crippen molar-refractivity contribution in [2.24, 2.45) is 5.10 Å². The van der Waals surface area contributed by atoms with Crippen molar-refractivity contribution in [3.8, 4) is 0 Å². The van der Waals surface area contributed by atoms with E-state index in [1.165, 1.54) is 0 Å². The van der Waals surface area contributed by atoms with Gasteiger partial charge in [-0.3, -0.25) is 4.79 Å². The van der Waals surface area contributed by atoms with E-state index < -0.39 is 0 Å². The first kappa shape index (κ1) is 15.4. The maximum Gasteiger partial charge on any atom is 0.274 e. The largest absolute Gasteiger partial charge is 0.467 e. The van der Waals surface area contributed by atoms with E-state index in [4.69, 9.17) is 4.42 Å². The van der Waals surface area contributed by atoms with Crippen LogP contribution in [0, 0.1) is 6.92 Å². The number of rotatable bonds is 3. The van der Waals surface area contributed by atoms with Gasteiger partial charge in [-0.2, -0.15) is 5.10 Å². The molecular weight excluding hydrogens is 312 g/mol. The van der Waals surface area contributed by atoms with Gasteiger partial charge in [-0.05, 0) is 36.8 Å². The number of hydrogen-bond acceptors (Lipinski definition) is 3. The molecule has 0 saturated heterocycles. The van der Waals surface area contributed by atoms with Gasteiger partial charge in [0.25, 0.3) is 5.91 Å². The van der Waals surface area contributed by atoms with E-state index in [0.717, 1.165) is 22.6 Å². The molecule has 4 heteroatoms. The summed E-state index contributed by atoms with van der Waals surface area (Å²) >= 11 is 0. The molecule has 0 spiro atoms. The summed E-state index contributed by atoms with van der Waals surface area (Å²) in [4.78, 5) is 13.0. The molecule has 0 bridgehead atoms. The van der Waals surface area contributed by atoms with E-state index in [1.54, 1.807) is 11.3 Å². The second kappa shape index (κ2) is 6.40. The van der Waals surface area contributed by atoms with Gasteiger partial charge in [-0.15, -0.1) is 0 Å². The lowest BCUT2D eigenvalue weighted by Gasteiger charge is -2.20. The highest BCUT2D eigenvalue weighted by Gasteiger charge is 2.35. The lowest BCUT2D eigenvalue weighted by atomic mass is 10.0. The Labute approximate surface area is 146 Å². The van der Waals surface area contributed by atoms with Crippen LogP contribution in [0.2, 0.25) is 0 Å². The van der Waals surface area contributed by atoms with E-state index in [2.05, 4.69) is 5.10 Å². The van der Waals surface area contributed by atoms with Crippen molar-refractivity contribution in [1.82, 2.24) is 5.01 Å². The summed E-state index contributed by atoms with van der Waals surface area (Å²) in [5, 5.41) is 6.18. The Balaban J connectivity index is 1.71. The smallest absolute Gasteiger partial charge is 0.274 e. The average molecular weight is 330 g/mol. The fourth-order valence-corrected chi connectivity index (χ4v) is 3.03. The number of carbonyl (C=O) groups excluding carboxylic acids is 1. The molecule has 1 atom stereocenters. The first-order valence-electron chi connectivity index (χ1n) is 8.29. The Hall–Kier alpha value is -3.14. The van der Waals surface area contributed by atoms with Crippen LogP contribution in [0.3, 0.4) is 0 Å². The summed E-state index contributed by atoms with van der Waals surface area (Å²) in [5.74, 6) is 0.627. The number of hydrogen-bond donors (Lipinski definition) is 0. The van der Waals surface area contributed by atoms with Crippen LogP contribution in [-0.4, -0.2) is 16.6 Å². The minimum absolute atomic E-state index is 0.118. The molecule has 0 saturated carbocycles. The Morgan fingerprint density at radius 2 is 1.80 bits per heavy atom. The third kappa shape index (κ3) is 2.98. The van der Waals surface area contributed by atoms with Gasteiger partial charge in [0, 0.05) is 12.0 Å². The second-order valence-corrected chi connectivity index (χ2v) is 6.16. The maximum absolute atomic E-state index is 13.0. The Kier molecular flexibility index (Phi) is 3.94. The fourth-order valence-electron chi connectivity index (χ4n) is 3.03. The van der Waals surface area contributed by atoms with Gasteiger partial charge in [0.05, 0.1) is 12.0 Å². The molecule has 3 aromatic rings. The van der Waals surface area contributed by atoms with Crippen molar-refractivity contribution < 1.29 is 9.21 Å². The number of furan rings is 1. The Morgan fingerprint density at radius 1 is 1.04 bits per heavy atom. The molecular formula is C21H18N2O2. The highest BCUT2D eigenvalue weighted by Crippen LogP contribution is 2.34. The maximum atomic E-state index is 13.0. The van der Waals surface area contributed by atoms with Crippen LogP contribution in [-0.2, 0) is 0 Å². The lowest BCUT2D eigenvalue weighted by molar-refractivity contribution is 0.0693. The standard InChI is InChI=1S/C21H18N2O2/c1-15-9-11-17(12-10-15)21(24)23-19(20-8-5-13-25-20)14-18(22-23)16-6-3-2-4-7-16/h2-13,19H,14H2,1H3. The third-order valence-electron chi connectivity index (χ3n) is 4.40. The molecule has 0 radical (unpaired) electrons. The normalized spacial score (nSPS) is 16.8. The van der Waals surface area contributed by atoms with E-state index in [0.29, 0.717) is 12.0 Å². The molecule has 0 fully saturated rings. The molecule has 124 valence electrons. The topological polar surface area (TPSA) is 45.8 Å². The third-order valence-corrected chi connectivity index (χ3v) is 4.40. The first-order chi connectivity index (χ1) is 12.2. The average Bonchev–Trinajstić information content (AvgIpc) is 3.32. The monoisotopic (exact) mass is 330 g/mol. The number of hydrazone groups is 1. The Bertz CT molecular complexity index is 897. The summed E-state index contributed by atoms with van der Waals surface area (Å²) in [6.45, 7) is 2.00. The minimum Gasteiger partial charge on any atom is -0.467 e. The zero-order valence-electron chi connectivity index (χ0n) is 13.9. The number of carbonyl (C=O) groups is 1. The van der Waals surface area contributed by atoms with E-state index >= 15 is 0 Å². The van der Waals surface area contributed by atoms with Gasteiger partial charge in [-0.25, -0.2) is 5.01 Å². The molecule has 1 aliphatic heterocycles. The van der Waals surface area contributed by atoms with Gasteiger partial charge in [0.2, 0.25) is 0 Å². The first-order valence-corrected chi connectivity index (χ1v) is 8.29. The van der Waals surface area contributed by atoms with Crippen LogP contribution >= 0.6 is 0 Å². The predicted octanol–water partition coefficient (Wildman–Crippen LogP) is 4.58. The SMILES string of the molecule is Cc1ccc(C(=O)N2N=C(c3ccccc3)CC2c2ccco2)cc1. The van der Waals surface area contributed by atoms with E-state index in [9.17, 15) is 4.79 Å². The number of aryl methyl sites for hydroxylation is 1. The lowest BCUT2D eigenvalue weighted by Crippen LogP contribution is -2.26. The van der Waals surface area contributed by atoms with Crippen molar-refractivity contribution in [3.05, 3.63) is 95.4 Å². The van der Waals surface area contributed by atoms with E-state index in [1.807, 2.05) is 73.7 Å². The summed E-state index contributed by atoms with van der Waals surface area (Å²) in [5.41, 5.74) is 3.66. The molecule has 4 nitrogen and oxygen atoms in total. The van der Waals surface area contributed by atoms with Crippen molar-refractivity contribution in [2.45, 2.75) is 19.4 Å². The van der Waals surface area contributed by atoms with Crippen molar-refractivity contribution in [1.29, 1.82) is 0 Å². The van der Waals surface area contributed by atoms with Crippen LogP contribution in [0.25, 0.3) is 0 Å². The second-order valence-electron chi connectivity index (χ2n) is 6.16. The summed E-state index contributed by atoms with van der Waals surface area (Å²) in [6, 6.07) is 21.0. The molecule has 2 aromatic carbocycles. The predicted molar refractivity (Wildman–Crippen MR) is 96.4 cm³/mol. The molecule has 4 rings (SSSR count). The molecule has 0 N–H and O–H groups in total. The molecule has 1 amide bonds. The van der Waals surface area contributed by atoms with Gasteiger partial charge in [0.15, 0.2) is 0 Å². The summed E-state index contributed by atoms with van der Waals surface area (Å²) in [6.07, 6.45) is 2.26. The number of benzene rings is 2. The van der Waals surface area contributed by atoms with Crippen molar-refractivity contribution in [3.63, 3.8) is 0 Å². The highest BCUT2D eigenvalue weighted by molar-refractivity contribution is 6.04. The van der Waals surface area contributed by atoms with Crippen LogP contribution in [0.15, 0.2) is 82.5 Å². The van der Waals surface area contributed by atoms with Gasteiger partial charge in [0.1, 0.15) is 11.8 Å². The van der Waals surface area contributed by atoms with Crippen LogP contribution in [0.1, 0.15) is 39.7 Å². The quantitative estimate of drug-likeness (QED) is 0.705. The molecule has 1 unspecified atom stereocenters. The summed E-state index contributed by atoms with van der Waals surface area (Å²) in [7, 11) is 0. The highest BCUT2D eigenvalue weighted by atomic mass is 16.3. The van der Waals surface area contributed by atoms with Crippen molar-refractivity contribution >= 4 is 11.6 Å². The van der Waals surface area contributed by atoms with Crippen LogP contribution in [0.5, 0.6) is 0 Å². The fraction of sp³-hybridized carbons (Fsp3) is 0.143. The zero-order chi connectivity index (χ0) is 17.2. The molecule has 1 aliphatic rings. The van der Waals surface area contributed by atoms with Gasteiger partial charge >= 0.3 is 0 Å². The molecule has 0 aliphatic carbocycles. The summed E-state index contributed by atoms with van der Waals surface area (Å²) < 4.78 is 5.57. The molecule has 25 heavy (non-hydrogen) atoms. The van der Waals surface area contributed by atoms with Crippen molar-refractivity contribution in [2.75, 3.05) is 0 Å². The van der Waals surface area contributed by atoms with Crippen LogP contribution in [0.4, 0.5) is 0 Å². The van der Waals surface area contributed by atoms with Gasteiger partial charge in [-0.1, -0.05) is 48.0 Å². The number of nitrogens with zero attached hydrogens (tertiary/aromatic N) is 2. The molecule has 2 heterocycles. The zero-order valence-corrected chi connectivity index (χ0v) is 13.9. The Morgan fingerprint density at radius 3 is 2.48 bits per heavy atom. The van der Waals surface area contributed by atoms with Gasteiger partial charge < -0.3 is 4.42 Å². The minimum atomic E-state index is -0.223. The van der Waals surface area contributed by atoms with E-state index in [-0.39, 0.29) is 11.9 Å². The van der Waals surface area contributed by atoms with Crippen LogP contribution < -0.4 is 0 Å².